The summed E-state index contributed by atoms with van der Waals surface area (Å²) in [6, 6.07) is 15.3. The van der Waals surface area contributed by atoms with Crippen molar-refractivity contribution in [1.82, 2.24) is 31.7 Å². The highest BCUT2D eigenvalue weighted by molar-refractivity contribution is 7.99. The van der Waals surface area contributed by atoms with E-state index in [2.05, 4.69) is 26.7 Å². The maximum absolute atomic E-state index is 14.1. The minimum Gasteiger partial charge on any atom is -0.361 e. The number of thioether (sulfide) groups is 1. The van der Waals surface area contributed by atoms with E-state index in [4.69, 9.17) is 4.74 Å². The van der Waals surface area contributed by atoms with E-state index in [0.717, 1.165) is 35.7 Å². The van der Waals surface area contributed by atoms with Crippen molar-refractivity contribution in [3.05, 3.63) is 71.8 Å². The fraction of sp³-hybridized carbons (Fsp3) is 0.575. The van der Waals surface area contributed by atoms with Gasteiger partial charge < -0.3 is 26.0 Å². The zero-order valence-electron chi connectivity index (χ0n) is 31.8. The Bertz CT molecular complexity index is 1500. The molecule has 0 aliphatic carbocycles. The number of nitrogens with zero attached hydrogens (tertiary/aromatic N) is 1. The van der Waals surface area contributed by atoms with Crippen molar-refractivity contribution in [2.24, 2.45) is 11.8 Å². The van der Waals surface area contributed by atoms with Crippen molar-refractivity contribution in [1.29, 1.82) is 0 Å². The Morgan fingerprint density at radius 3 is 1.81 bits per heavy atom. The molecule has 2 aromatic rings. The molecule has 2 aliphatic rings. The second-order valence-corrected chi connectivity index (χ2v) is 16.3. The molecule has 5 N–H and O–H groups in total. The summed E-state index contributed by atoms with van der Waals surface area (Å²) >= 11 is 1.87. The third kappa shape index (κ3) is 14.2. The Morgan fingerprint density at radius 2 is 1.23 bits per heavy atom. The summed E-state index contributed by atoms with van der Waals surface area (Å²) < 4.78 is 5.41. The Morgan fingerprint density at radius 1 is 0.717 bits per heavy atom. The van der Waals surface area contributed by atoms with Gasteiger partial charge in [-0.05, 0) is 55.6 Å². The van der Waals surface area contributed by atoms with Crippen molar-refractivity contribution in [2.75, 3.05) is 37.7 Å². The lowest BCUT2D eigenvalue weighted by molar-refractivity contribution is -0.135. The number of Topliss-reactive ketones (excluding diaryl/α,β-unsaturated/α-hetero) is 1. The van der Waals surface area contributed by atoms with Gasteiger partial charge in [-0.2, -0.15) is 11.8 Å². The predicted molar refractivity (Wildman–Crippen MR) is 208 cm³/mol. The average molecular weight is 751 g/mol. The summed E-state index contributed by atoms with van der Waals surface area (Å²) in [4.78, 5) is 68.5. The van der Waals surface area contributed by atoms with Crippen LogP contribution in [0.3, 0.4) is 0 Å². The Balaban J connectivity index is 1.50. The summed E-state index contributed by atoms with van der Waals surface area (Å²) in [5.74, 6) is 0.0919. The molecule has 0 aromatic heterocycles. The molecule has 5 atom stereocenters. The van der Waals surface area contributed by atoms with Crippen LogP contribution in [0, 0.1) is 11.8 Å². The molecular weight excluding hydrogens is 693 g/mol. The van der Waals surface area contributed by atoms with Gasteiger partial charge in [-0.15, -0.1) is 0 Å². The van der Waals surface area contributed by atoms with Crippen LogP contribution in [0.4, 0.5) is 0 Å². The number of hydrazine groups is 1. The van der Waals surface area contributed by atoms with E-state index < -0.39 is 47.5 Å². The molecule has 2 saturated heterocycles. The number of rotatable bonds is 21. The van der Waals surface area contributed by atoms with Crippen LogP contribution in [0.5, 0.6) is 0 Å². The van der Waals surface area contributed by atoms with Gasteiger partial charge in [-0.1, -0.05) is 88.4 Å². The molecule has 2 aromatic carbocycles. The van der Waals surface area contributed by atoms with Crippen molar-refractivity contribution < 1.29 is 28.7 Å². The van der Waals surface area contributed by atoms with E-state index in [1.165, 1.54) is 0 Å². The van der Waals surface area contributed by atoms with Gasteiger partial charge in [0, 0.05) is 31.0 Å². The molecule has 0 spiro atoms. The lowest BCUT2D eigenvalue weighted by atomic mass is 9.93. The largest absolute Gasteiger partial charge is 0.361 e. The highest BCUT2D eigenvalue weighted by Gasteiger charge is 2.50. The normalized spacial score (nSPS) is 19.5. The van der Waals surface area contributed by atoms with Crippen LogP contribution in [0.1, 0.15) is 65.0 Å². The average Bonchev–Trinajstić information content (AvgIpc) is 3.90. The first-order chi connectivity index (χ1) is 25.3. The number of ether oxygens (including phenoxy) is 1. The maximum atomic E-state index is 14.1. The second kappa shape index (κ2) is 20.6. The zero-order chi connectivity index (χ0) is 38.4. The SMILES string of the molecule is CC(C)C[C@H](NC(=O)[C@H](CCc1ccccc1)NC(=O)CNN1CCSCC1)C(=O)N[C@@H](Cc1ccccc1)C(=O)N[C@@H](CC(C)C)C(=O)[C@@]1(C)CO1. The molecular formula is C40H58N6O6S. The number of amides is 4. The molecule has 53 heavy (non-hydrogen) atoms. The number of epoxide rings is 1. The number of hydrogen-bond donors (Lipinski definition) is 5. The van der Waals surface area contributed by atoms with Gasteiger partial charge in [0.05, 0.1) is 19.2 Å². The number of aryl methyl sites for hydroxylation is 1. The Hall–Kier alpha value is -3.78. The summed E-state index contributed by atoms with van der Waals surface area (Å²) in [6.45, 7) is 11.6. The van der Waals surface area contributed by atoms with Crippen LogP contribution in [0.2, 0.25) is 0 Å². The highest BCUT2D eigenvalue weighted by atomic mass is 32.2. The van der Waals surface area contributed by atoms with Gasteiger partial charge in [0.2, 0.25) is 23.6 Å². The molecule has 0 bridgehead atoms. The van der Waals surface area contributed by atoms with Gasteiger partial charge in [0.1, 0.15) is 23.7 Å². The number of nitrogens with one attached hydrogen (secondary N) is 5. The number of benzene rings is 2. The van der Waals surface area contributed by atoms with Crippen LogP contribution >= 0.6 is 11.8 Å². The van der Waals surface area contributed by atoms with Gasteiger partial charge >= 0.3 is 0 Å². The number of carbonyl (C=O) groups is 5. The topological polar surface area (TPSA) is 161 Å². The first-order valence-electron chi connectivity index (χ1n) is 18.9. The third-order valence-corrected chi connectivity index (χ3v) is 10.3. The summed E-state index contributed by atoms with van der Waals surface area (Å²) in [5, 5.41) is 13.7. The van der Waals surface area contributed by atoms with Crippen LogP contribution in [-0.4, -0.2) is 102 Å². The van der Waals surface area contributed by atoms with E-state index in [0.29, 0.717) is 32.3 Å². The molecule has 4 rings (SSSR count). The van der Waals surface area contributed by atoms with Crippen LogP contribution in [-0.2, 0) is 41.6 Å². The zero-order valence-corrected chi connectivity index (χ0v) is 32.6. The maximum Gasteiger partial charge on any atom is 0.243 e. The molecule has 13 heteroatoms. The minimum absolute atomic E-state index is 0.0176. The van der Waals surface area contributed by atoms with Gasteiger partial charge in [-0.25, -0.2) is 10.4 Å². The van der Waals surface area contributed by atoms with Crippen molar-refractivity contribution >= 4 is 41.2 Å². The minimum atomic E-state index is -1.03. The van der Waals surface area contributed by atoms with E-state index in [-0.39, 0.29) is 36.5 Å². The summed E-state index contributed by atoms with van der Waals surface area (Å²) in [6.07, 6.45) is 1.76. The van der Waals surface area contributed by atoms with Crippen LogP contribution < -0.4 is 26.7 Å². The first-order valence-corrected chi connectivity index (χ1v) is 20.0. The first kappa shape index (κ1) is 42.0. The van der Waals surface area contributed by atoms with E-state index >= 15 is 0 Å². The van der Waals surface area contributed by atoms with Crippen LogP contribution in [0.15, 0.2) is 60.7 Å². The molecule has 4 amide bonds. The summed E-state index contributed by atoms with van der Waals surface area (Å²) in [7, 11) is 0. The summed E-state index contributed by atoms with van der Waals surface area (Å²) in [5.41, 5.74) is 4.08. The van der Waals surface area contributed by atoms with E-state index in [1.807, 2.05) is 105 Å². The lowest BCUT2D eigenvalue weighted by Gasteiger charge is -2.28. The molecule has 12 nitrogen and oxygen atoms in total. The van der Waals surface area contributed by atoms with Crippen LogP contribution in [0.25, 0.3) is 0 Å². The molecule has 0 radical (unpaired) electrons. The molecule has 0 unspecified atom stereocenters. The van der Waals surface area contributed by atoms with Gasteiger partial charge in [0.15, 0.2) is 5.78 Å². The van der Waals surface area contributed by atoms with Gasteiger partial charge in [0.25, 0.3) is 0 Å². The standard InChI is InChI=1S/C40H58N6O6S/c1-27(2)22-32(36(48)40(5)26-52-40)43-39(51)34(24-30-14-10-7-11-15-30)45-38(50)33(23-28(3)4)44-37(49)31(17-16-29-12-8-6-9-13-29)42-35(47)25-41-46-18-20-53-21-19-46/h6-15,27-28,31-34,41H,16-26H2,1-5H3,(H,42,47)(H,43,51)(H,44,49)(H,45,50)/t31-,32-,33-,34-,40+/m0/s1. The molecule has 0 saturated carbocycles. The van der Waals surface area contributed by atoms with Crippen molar-refractivity contribution in [3.8, 4) is 0 Å². The lowest BCUT2D eigenvalue weighted by Crippen LogP contribution is -2.59. The fourth-order valence-electron chi connectivity index (χ4n) is 6.28. The Kier molecular flexibility index (Phi) is 16.3. The molecule has 2 fully saturated rings. The number of carbonyl (C=O) groups excluding carboxylic acids is 5. The predicted octanol–water partition coefficient (Wildman–Crippen LogP) is 2.80. The van der Waals surface area contributed by atoms with Gasteiger partial charge in [-0.3, -0.25) is 24.0 Å². The number of hydrogen-bond acceptors (Lipinski definition) is 9. The molecule has 290 valence electrons. The smallest absolute Gasteiger partial charge is 0.243 e. The highest BCUT2D eigenvalue weighted by Crippen LogP contribution is 2.29. The van der Waals surface area contributed by atoms with Crippen molar-refractivity contribution in [2.45, 2.75) is 96.5 Å². The number of ketones is 1. The molecule has 2 aliphatic heterocycles. The fourth-order valence-corrected chi connectivity index (χ4v) is 7.18. The molecule has 2 heterocycles. The quantitative estimate of drug-likeness (QED) is 0.121. The van der Waals surface area contributed by atoms with E-state index in [1.54, 1.807) is 6.92 Å². The third-order valence-electron chi connectivity index (χ3n) is 9.38. The Labute approximate surface area is 318 Å². The second-order valence-electron chi connectivity index (χ2n) is 15.1. The monoisotopic (exact) mass is 750 g/mol. The van der Waals surface area contributed by atoms with E-state index in [9.17, 15) is 24.0 Å². The van der Waals surface area contributed by atoms with Crippen molar-refractivity contribution in [3.63, 3.8) is 0 Å².